The standard InChI is InChI=1S/C29H30O6S/c1-14(2)28(32)34-22-13-36-27(26(22)35-29(33)15(3)4)23(20-11-16(5)9-18(7)24(20)30)21-12-17(6)10-19(8)25(21)31/h9-13,23,30-31H,1,3H2,2,4-8H3. The molecule has 0 saturated heterocycles. The molecule has 2 aromatic carbocycles. The number of rotatable bonds is 7. The number of aryl methyl sites for hydroxylation is 4. The third-order valence-corrected chi connectivity index (χ3v) is 6.67. The van der Waals surface area contributed by atoms with Gasteiger partial charge in [-0.3, -0.25) is 0 Å². The van der Waals surface area contributed by atoms with E-state index in [1.54, 1.807) is 19.2 Å². The lowest BCUT2D eigenvalue weighted by Crippen LogP contribution is -2.14. The molecule has 36 heavy (non-hydrogen) atoms. The van der Waals surface area contributed by atoms with E-state index in [1.165, 1.54) is 25.2 Å². The topological polar surface area (TPSA) is 93.1 Å². The molecule has 0 aliphatic carbocycles. The summed E-state index contributed by atoms with van der Waals surface area (Å²) in [5.41, 5.74) is 4.48. The first-order chi connectivity index (χ1) is 16.8. The number of carbonyl (C=O) groups is 2. The van der Waals surface area contributed by atoms with Crippen LogP contribution in [-0.4, -0.2) is 22.2 Å². The number of hydrogen-bond acceptors (Lipinski definition) is 7. The summed E-state index contributed by atoms with van der Waals surface area (Å²) in [5.74, 6) is -1.95. The van der Waals surface area contributed by atoms with Crippen LogP contribution in [0.4, 0.5) is 0 Å². The first-order valence-electron chi connectivity index (χ1n) is 11.3. The molecule has 0 radical (unpaired) electrons. The minimum Gasteiger partial charge on any atom is -0.507 e. The number of esters is 2. The van der Waals surface area contributed by atoms with Gasteiger partial charge in [0.05, 0.1) is 10.8 Å². The van der Waals surface area contributed by atoms with Gasteiger partial charge in [0, 0.05) is 27.7 Å². The third kappa shape index (κ3) is 5.36. The van der Waals surface area contributed by atoms with Gasteiger partial charge >= 0.3 is 11.9 Å². The van der Waals surface area contributed by atoms with Crippen molar-refractivity contribution in [2.75, 3.05) is 0 Å². The Balaban J connectivity index is 2.38. The van der Waals surface area contributed by atoms with E-state index in [1.807, 2.05) is 38.1 Å². The van der Waals surface area contributed by atoms with Crippen molar-refractivity contribution in [2.24, 2.45) is 0 Å². The summed E-state index contributed by atoms with van der Waals surface area (Å²) in [6, 6.07) is 7.36. The van der Waals surface area contributed by atoms with Crippen LogP contribution >= 0.6 is 11.3 Å². The van der Waals surface area contributed by atoms with Gasteiger partial charge in [-0.1, -0.05) is 48.6 Å². The number of ether oxygens (including phenoxy) is 2. The van der Waals surface area contributed by atoms with Crippen LogP contribution in [0, 0.1) is 27.7 Å². The maximum absolute atomic E-state index is 12.6. The first kappa shape index (κ1) is 26.8. The SMILES string of the molecule is C=C(C)C(=O)Oc1csc(C(c2cc(C)cc(C)c2O)c2cc(C)cc(C)c2O)c1OC(=O)C(=C)C. The van der Waals surface area contributed by atoms with E-state index in [-0.39, 0.29) is 34.1 Å². The summed E-state index contributed by atoms with van der Waals surface area (Å²) in [4.78, 5) is 25.4. The zero-order chi connectivity index (χ0) is 26.9. The molecule has 1 heterocycles. The van der Waals surface area contributed by atoms with E-state index in [0.717, 1.165) is 11.1 Å². The zero-order valence-electron chi connectivity index (χ0n) is 21.3. The molecule has 188 valence electrons. The smallest absolute Gasteiger partial charge is 0.338 e. The lowest BCUT2D eigenvalue weighted by molar-refractivity contribution is -0.132. The van der Waals surface area contributed by atoms with E-state index in [9.17, 15) is 19.8 Å². The second-order valence-corrected chi connectivity index (χ2v) is 10.0. The van der Waals surface area contributed by atoms with E-state index in [4.69, 9.17) is 9.47 Å². The predicted molar refractivity (Wildman–Crippen MR) is 141 cm³/mol. The normalized spacial score (nSPS) is 10.9. The number of aromatic hydroxyl groups is 2. The Bertz CT molecular complexity index is 1340. The molecule has 0 amide bonds. The highest BCUT2D eigenvalue weighted by atomic mass is 32.1. The first-order valence-corrected chi connectivity index (χ1v) is 12.2. The van der Waals surface area contributed by atoms with Gasteiger partial charge in [-0.05, 0) is 52.7 Å². The summed E-state index contributed by atoms with van der Waals surface area (Å²) in [6.45, 7) is 17.7. The molecular formula is C29H30O6S. The number of phenolic OH excluding ortho intramolecular Hbond substituents is 2. The second kappa shape index (κ2) is 10.4. The van der Waals surface area contributed by atoms with Gasteiger partial charge in [0.15, 0.2) is 11.5 Å². The monoisotopic (exact) mass is 506 g/mol. The molecule has 0 unspecified atom stereocenters. The van der Waals surface area contributed by atoms with Crippen LogP contribution in [0.15, 0.2) is 53.9 Å². The van der Waals surface area contributed by atoms with Gasteiger partial charge in [0.1, 0.15) is 11.5 Å². The Kier molecular flexibility index (Phi) is 7.74. The van der Waals surface area contributed by atoms with Gasteiger partial charge < -0.3 is 19.7 Å². The Morgan fingerprint density at radius 2 is 1.25 bits per heavy atom. The summed E-state index contributed by atoms with van der Waals surface area (Å²) in [5, 5.41) is 23.8. The van der Waals surface area contributed by atoms with Crippen LogP contribution < -0.4 is 9.47 Å². The highest BCUT2D eigenvalue weighted by Crippen LogP contribution is 2.51. The number of hydrogen-bond donors (Lipinski definition) is 2. The van der Waals surface area contributed by atoms with Gasteiger partial charge in [-0.15, -0.1) is 11.3 Å². The maximum atomic E-state index is 12.6. The minimum atomic E-state index is -0.739. The molecule has 0 bridgehead atoms. The van der Waals surface area contributed by atoms with Crippen molar-refractivity contribution in [1.82, 2.24) is 0 Å². The maximum Gasteiger partial charge on any atom is 0.338 e. The Hall–Kier alpha value is -3.84. The van der Waals surface area contributed by atoms with Crippen molar-refractivity contribution in [3.8, 4) is 23.0 Å². The fourth-order valence-electron chi connectivity index (χ4n) is 3.96. The van der Waals surface area contributed by atoms with Crippen molar-refractivity contribution in [1.29, 1.82) is 0 Å². The van der Waals surface area contributed by atoms with Gasteiger partial charge in [-0.2, -0.15) is 0 Å². The third-order valence-electron chi connectivity index (χ3n) is 5.67. The quantitative estimate of drug-likeness (QED) is 0.279. The fourth-order valence-corrected chi connectivity index (χ4v) is 4.99. The number of thiophene rings is 1. The molecule has 1 aromatic heterocycles. The van der Waals surface area contributed by atoms with E-state index < -0.39 is 17.9 Å². The molecule has 3 rings (SSSR count). The summed E-state index contributed by atoms with van der Waals surface area (Å²) >= 11 is 1.19. The lowest BCUT2D eigenvalue weighted by Gasteiger charge is -2.23. The van der Waals surface area contributed by atoms with Crippen LogP contribution in [-0.2, 0) is 9.59 Å². The molecule has 0 atom stereocenters. The van der Waals surface area contributed by atoms with Crippen LogP contribution in [0.25, 0.3) is 0 Å². The second-order valence-electron chi connectivity index (χ2n) is 9.11. The van der Waals surface area contributed by atoms with Crippen molar-refractivity contribution < 1.29 is 29.3 Å². The highest BCUT2D eigenvalue weighted by molar-refractivity contribution is 7.10. The fraction of sp³-hybridized carbons (Fsp3) is 0.241. The van der Waals surface area contributed by atoms with Crippen molar-refractivity contribution in [3.05, 3.63) is 92.2 Å². The van der Waals surface area contributed by atoms with Crippen molar-refractivity contribution >= 4 is 23.3 Å². The van der Waals surface area contributed by atoms with E-state index in [2.05, 4.69) is 13.2 Å². The average molecular weight is 507 g/mol. The van der Waals surface area contributed by atoms with Gasteiger partial charge in [0.2, 0.25) is 0 Å². The average Bonchev–Trinajstić information content (AvgIpc) is 3.16. The van der Waals surface area contributed by atoms with Gasteiger partial charge in [-0.25, -0.2) is 9.59 Å². The molecule has 0 aliphatic rings. The molecule has 0 aliphatic heterocycles. The Morgan fingerprint density at radius 3 is 1.69 bits per heavy atom. The molecule has 0 fully saturated rings. The van der Waals surface area contributed by atoms with Crippen LogP contribution in [0.1, 0.15) is 58.0 Å². The van der Waals surface area contributed by atoms with Crippen LogP contribution in [0.3, 0.4) is 0 Å². The van der Waals surface area contributed by atoms with E-state index >= 15 is 0 Å². The van der Waals surface area contributed by atoms with E-state index in [0.29, 0.717) is 27.1 Å². The van der Waals surface area contributed by atoms with Crippen molar-refractivity contribution in [2.45, 2.75) is 47.5 Å². The summed E-state index contributed by atoms with van der Waals surface area (Å²) < 4.78 is 11.2. The number of benzene rings is 2. The molecule has 0 saturated carbocycles. The molecular weight excluding hydrogens is 476 g/mol. The zero-order valence-corrected chi connectivity index (χ0v) is 22.1. The molecule has 3 aromatic rings. The largest absolute Gasteiger partial charge is 0.507 e. The Morgan fingerprint density at radius 1 is 0.806 bits per heavy atom. The molecule has 6 nitrogen and oxygen atoms in total. The number of carbonyl (C=O) groups excluding carboxylic acids is 2. The molecule has 7 heteroatoms. The van der Waals surface area contributed by atoms with Crippen LogP contribution in [0.2, 0.25) is 0 Å². The predicted octanol–water partition coefficient (Wildman–Crippen LogP) is 6.54. The molecule has 2 N–H and O–H groups in total. The minimum absolute atomic E-state index is 0.0183. The van der Waals surface area contributed by atoms with Gasteiger partial charge in [0.25, 0.3) is 0 Å². The summed E-state index contributed by atoms with van der Waals surface area (Å²) in [7, 11) is 0. The number of phenols is 2. The Labute approximate surface area is 215 Å². The highest BCUT2D eigenvalue weighted by Gasteiger charge is 2.32. The van der Waals surface area contributed by atoms with Crippen molar-refractivity contribution in [3.63, 3.8) is 0 Å². The van der Waals surface area contributed by atoms with Crippen LogP contribution in [0.5, 0.6) is 23.0 Å². The summed E-state index contributed by atoms with van der Waals surface area (Å²) in [6.07, 6.45) is 0. The lowest BCUT2D eigenvalue weighted by atomic mass is 9.85. The molecule has 0 spiro atoms.